The molecule has 0 aliphatic carbocycles. The second-order valence-electron chi connectivity index (χ2n) is 7.46. The lowest BCUT2D eigenvalue weighted by Gasteiger charge is -2.35. The molecule has 0 saturated carbocycles. The fourth-order valence-electron chi connectivity index (χ4n) is 3.32. The van der Waals surface area contributed by atoms with Crippen molar-refractivity contribution in [2.75, 3.05) is 19.8 Å². The zero-order chi connectivity index (χ0) is 21.1. The highest BCUT2D eigenvalue weighted by Gasteiger charge is 2.40. The van der Waals surface area contributed by atoms with Gasteiger partial charge in [-0.1, -0.05) is 0 Å². The van der Waals surface area contributed by atoms with Crippen molar-refractivity contribution < 1.29 is 18.7 Å². The number of hydrogen-bond donors (Lipinski definition) is 2. The molecule has 2 N–H and O–H groups in total. The summed E-state index contributed by atoms with van der Waals surface area (Å²) in [7, 11) is 0. The Kier molecular flexibility index (Phi) is 5.61. The van der Waals surface area contributed by atoms with Crippen LogP contribution in [0.5, 0.6) is 0 Å². The molecule has 156 valence electrons. The maximum absolute atomic E-state index is 13.4. The highest BCUT2D eigenvalue weighted by atomic mass is 19.1. The van der Waals surface area contributed by atoms with E-state index in [-0.39, 0.29) is 24.9 Å². The quantitative estimate of drug-likeness (QED) is 0.672. The van der Waals surface area contributed by atoms with Gasteiger partial charge in [0.2, 0.25) is 12.2 Å². The van der Waals surface area contributed by atoms with Gasteiger partial charge in [-0.2, -0.15) is 0 Å². The number of aromatic nitrogens is 3. The van der Waals surface area contributed by atoms with Crippen molar-refractivity contribution in [1.29, 1.82) is 0 Å². The Morgan fingerprint density at radius 1 is 1.17 bits per heavy atom. The van der Waals surface area contributed by atoms with Gasteiger partial charge in [0.1, 0.15) is 5.82 Å². The third-order valence-electron chi connectivity index (χ3n) is 5.02. The van der Waals surface area contributed by atoms with Gasteiger partial charge in [-0.15, -0.1) is 0 Å². The number of nitrogens with one attached hydrogen (secondary N) is 2. The second kappa shape index (κ2) is 8.33. The smallest absolute Gasteiger partial charge is 0.230 e. The predicted octanol–water partition coefficient (Wildman–Crippen LogP) is 3.47. The lowest BCUT2D eigenvalue weighted by atomic mass is 9.91. The van der Waals surface area contributed by atoms with E-state index in [2.05, 4.69) is 15.3 Å². The van der Waals surface area contributed by atoms with Crippen LogP contribution in [0, 0.1) is 11.2 Å². The summed E-state index contributed by atoms with van der Waals surface area (Å²) >= 11 is 0. The lowest BCUT2D eigenvalue weighted by Crippen LogP contribution is -2.48. The van der Waals surface area contributed by atoms with E-state index in [1.807, 2.05) is 26.0 Å². The van der Waals surface area contributed by atoms with Crippen molar-refractivity contribution >= 4 is 5.91 Å². The fourth-order valence-corrected chi connectivity index (χ4v) is 3.32. The Balaban J connectivity index is 1.64. The normalized spacial score (nSPS) is 21.4. The van der Waals surface area contributed by atoms with Gasteiger partial charge < -0.3 is 19.8 Å². The number of carbonyl (C=O) groups is 1. The number of imidazole rings is 1. The average Bonchev–Trinajstić information content (AvgIpc) is 3.21. The van der Waals surface area contributed by atoms with Crippen LogP contribution in [0.3, 0.4) is 0 Å². The van der Waals surface area contributed by atoms with E-state index in [1.54, 1.807) is 24.5 Å². The molecule has 8 heteroatoms. The first-order valence-electron chi connectivity index (χ1n) is 9.78. The standard InChI is InChI=1S/C22H23FN4O3/c1-3-25-21(28)22(2)12-29-20(30-13-22)19-26-17(14-4-6-16(23)7-5-14)18(27-19)15-8-10-24-11-9-15/h4-11,20H,3,12-13H2,1-2H3,(H,25,28)(H,26,27). The number of amides is 1. The van der Waals surface area contributed by atoms with Crippen LogP contribution in [0.1, 0.15) is 26.0 Å². The number of pyridine rings is 1. The van der Waals surface area contributed by atoms with Gasteiger partial charge >= 0.3 is 0 Å². The number of nitrogens with zero attached hydrogens (tertiary/aromatic N) is 2. The molecule has 1 fully saturated rings. The molecule has 1 aliphatic heterocycles. The molecule has 0 spiro atoms. The van der Waals surface area contributed by atoms with Crippen LogP contribution in [-0.2, 0) is 14.3 Å². The summed E-state index contributed by atoms with van der Waals surface area (Å²) < 4.78 is 25.1. The first kappa shape index (κ1) is 20.2. The van der Waals surface area contributed by atoms with Crippen molar-refractivity contribution in [1.82, 2.24) is 20.3 Å². The van der Waals surface area contributed by atoms with Gasteiger partial charge in [-0.25, -0.2) is 9.37 Å². The van der Waals surface area contributed by atoms with Crippen LogP contribution >= 0.6 is 0 Å². The minimum Gasteiger partial charge on any atom is -0.356 e. The van der Waals surface area contributed by atoms with Crippen molar-refractivity contribution in [3.05, 3.63) is 60.4 Å². The molecule has 0 unspecified atom stereocenters. The lowest BCUT2D eigenvalue weighted by molar-refractivity contribution is -0.230. The van der Waals surface area contributed by atoms with E-state index in [0.717, 1.165) is 16.8 Å². The van der Waals surface area contributed by atoms with Gasteiger partial charge in [0, 0.05) is 30.1 Å². The Morgan fingerprint density at radius 3 is 2.47 bits per heavy atom. The molecule has 1 aliphatic rings. The number of carbonyl (C=O) groups excluding carboxylic acids is 1. The van der Waals surface area contributed by atoms with Gasteiger partial charge in [0.05, 0.1) is 30.0 Å². The number of ether oxygens (including phenoxy) is 2. The summed E-state index contributed by atoms with van der Waals surface area (Å²) in [4.78, 5) is 24.3. The van der Waals surface area contributed by atoms with E-state index in [4.69, 9.17) is 14.5 Å². The topological polar surface area (TPSA) is 89.1 Å². The first-order valence-corrected chi connectivity index (χ1v) is 9.78. The van der Waals surface area contributed by atoms with Crippen molar-refractivity contribution in [3.8, 4) is 22.5 Å². The van der Waals surface area contributed by atoms with Crippen molar-refractivity contribution in [2.45, 2.75) is 20.1 Å². The molecule has 0 bridgehead atoms. The maximum Gasteiger partial charge on any atom is 0.230 e. The molecule has 4 rings (SSSR count). The Labute approximate surface area is 173 Å². The fraction of sp³-hybridized carbons (Fsp3) is 0.318. The highest BCUT2D eigenvalue weighted by molar-refractivity contribution is 5.82. The van der Waals surface area contributed by atoms with E-state index in [9.17, 15) is 9.18 Å². The molecule has 0 atom stereocenters. The Bertz CT molecular complexity index is 1010. The minimum atomic E-state index is -0.757. The number of H-pyrrole nitrogens is 1. The molecule has 0 radical (unpaired) electrons. The zero-order valence-corrected chi connectivity index (χ0v) is 16.8. The molecule has 3 aromatic rings. The van der Waals surface area contributed by atoms with Gasteiger partial charge in [0.25, 0.3) is 0 Å². The summed E-state index contributed by atoms with van der Waals surface area (Å²) in [5, 5.41) is 2.81. The number of aromatic amines is 1. The largest absolute Gasteiger partial charge is 0.356 e. The van der Waals surface area contributed by atoms with Crippen molar-refractivity contribution in [2.24, 2.45) is 5.41 Å². The molecule has 2 aromatic heterocycles. The molecule has 7 nitrogen and oxygen atoms in total. The van der Waals surface area contributed by atoms with E-state index >= 15 is 0 Å². The number of halogens is 1. The third kappa shape index (κ3) is 3.96. The summed E-state index contributed by atoms with van der Waals surface area (Å²) in [6.07, 6.45) is 2.65. The Morgan fingerprint density at radius 2 is 1.83 bits per heavy atom. The summed E-state index contributed by atoms with van der Waals surface area (Å²) in [6.45, 7) is 4.64. The summed E-state index contributed by atoms with van der Waals surface area (Å²) in [5.74, 6) is 0.0648. The van der Waals surface area contributed by atoms with Gasteiger partial charge in [0.15, 0.2) is 5.82 Å². The summed E-state index contributed by atoms with van der Waals surface area (Å²) in [5.41, 5.74) is 2.29. The molecule has 1 aromatic carbocycles. The van der Waals surface area contributed by atoms with E-state index in [0.29, 0.717) is 18.1 Å². The van der Waals surface area contributed by atoms with Crippen LogP contribution in [0.15, 0.2) is 48.8 Å². The number of rotatable bonds is 5. The number of benzene rings is 1. The molecule has 30 heavy (non-hydrogen) atoms. The van der Waals surface area contributed by atoms with E-state index in [1.165, 1.54) is 12.1 Å². The number of hydrogen-bond acceptors (Lipinski definition) is 5. The average molecular weight is 410 g/mol. The molecule has 1 saturated heterocycles. The second-order valence-corrected chi connectivity index (χ2v) is 7.46. The zero-order valence-electron chi connectivity index (χ0n) is 16.8. The molecular formula is C22H23FN4O3. The highest BCUT2D eigenvalue weighted by Crippen LogP contribution is 2.35. The third-order valence-corrected chi connectivity index (χ3v) is 5.02. The van der Waals surface area contributed by atoms with E-state index < -0.39 is 11.7 Å². The molecule has 1 amide bonds. The summed E-state index contributed by atoms with van der Waals surface area (Å²) in [6, 6.07) is 9.86. The van der Waals surface area contributed by atoms with Crippen LogP contribution < -0.4 is 5.32 Å². The van der Waals surface area contributed by atoms with Crippen LogP contribution in [0.2, 0.25) is 0 Å². The monoisotopic (exact) mass is 410 g/mol. The van der Waals surface area contributed by atoms with Gasteiger partial charge in [-0.05, 0) is 50.2 Å². The van der Waals surface area contributed by atoms with Crippen LogP contribution in [0.25, 0.3) is 22.5 Å². The van der Waals surface area contributed by atoms with Crippen LogP contribution in [-0.4, -0.2) is 40.6 Å². The van der Waals surface area contributed by atoms with Crippen LogP contribution in [0.4, 0.5) is 4.39 Å². The maximum atomic E-state index is 13.4. The molecular weight excluding hydrogens is 387 g/mol. The minimum absolute atomic E-state index is 0.104. The van der Waals surface area contributed by atoms with Crippen molar-refractivity contribution in [3.63, 3.8) is 0 Å². The first-order chi connectivity index (χ1) is 14.5. The Hall–Kier alpha value is -3.10. The van der Waals surface area contributed by atoms with Gasteiger partial charge in [-0.3, -0.25) is 9.78 Å². The predicted molar refractivity (Wildman–Crippen MR) is 109 cm³/mol. The SMILES string of the molecule is CCNC(=O)C1(C)COC(c2nc(-c3ccc(F)cc3)c(-c3ccncc3)[nH]2)OC1. The molecule has 3 heterocycles.